The summed E-state index contributed by atoms with van der Waals surface area (Å²) in [5, 5.41) is 1.73. The van der Waals surface area contributed by atoms with Crippen molar-refractivity contribution in [1.29, 1.82) is 0 Å². The fraction of sp³-hybridized carbons (Fsp3) is 0.100. The Bertz CT molecular complexity index is 1130. The van der Waals surface area contributed by atoms with Gasteiger partial charge in [-0.3, -0.25) is 19.3 Å². The minimum absolute atomic E-state index is 0.218. The van der Waals surface area contributed by atoms with E-state index in [0.717, 1.165) is 4.90 Å². The van der Waals surface area contributed by atoms with E-state index in [-0.39, 0.29) is 23.5 Å². The summed E-state index contributed by atoms with van der Waals surface area (Å²) in [4.78, 5) is 42.4. The predicted octanol–water partition coefficient (Wildman–Crippen LogP) is 2.46. The second kappa shape index (κ2) is 7.32. The van der Waals surface area contributed by atoms with E-state index in [4.69, 9.17) is 0 Å². The SMILES string of the molecule is O=C(CN1C(=O)c2ccccc2C1=O)N=c1sccn1Cc1ccccc1F. The number of rotatable bonds is 4. The Kier molecular flexibility index (Phi) is 4.70. The zero-order valence-electron chi connectivity index (χ0n) is 14.5. The first-order chi connectivity index (χ1) is 13.5. The zero-order chi connectivity index (χ0) is 19.7. The minimum atomic E-state index is -0.626. The van der Waals surface area contributed by atoms with Gasteiger partial charge in [0.1, 0.15) is 12.4 Å². The molecule has 0 aliphatic carbocycles. The van der Waals surface area contributed by atoms with Gasteiger partial charge in [0.15, 0.2) is 4.80 Å². The lowest BCUT2D eigenvalue weighted by Gasteiger charge is -2.10. The Labute approximate surface area is 163 Å². The summed E-state index contributed by atoms with van der Waals surface area (Å²) in [7, 11) is 0. The van der Waals surface area contributed by atoms with E-state index in [1.165, 1.54) is 17.4 Å². The third kappa shape index (κ3) is 3.29. The van der Waals surface area contributed by atoms with Crippen LogP contribution in [0, 0.1) is 5.82 Å². The molecule has 0 atom stereocenters. The summed E-state index contributed by atoms with van der Waals surface area (Å²) in [6.07, 6.45) is 1.70. The molecular formula is C20H14FN3O3S. The molecule has 4 rings (SSSR count). The van der Waals surface area contributed by atoms with Gasteiger partial charge in [-0.25, -0.2) is 4.39 Å². The molecule has 1 aliphatic rings. The van der Waals surface area contributed by atoms with E-state index in [1.807, 2.05) is 0 Å². The van der Waals surface area contributed by atoms with E-state index in [1.54, 1.807) is 58.6 Å². The molecule has 6 nitrogen and oxygen atoms in total. The fourth-order valence-electron chi connectivity index (χ4n) is 2.98. The van der Waals surface area contributed by atoms with Gasteiger partial charge in [0.2, 0.25) is 0 Å². The maximum atomic E-state index is 13.9. The predicted molar refractivity (Wildman–Crippen MR) is 100 cm³/mol. The molecule has 1 aliphatic heterocycles. The number of thiazole rings is 1. The van der Waals surface area contributed by atoms with Crippen molar-refractivity contribution in [1.82, 2.24) is 9.47 Å². The van der Waals surface area contributed by atoms with Crippen LogP contribution in [0.25, 0.3) is 0 Å². The first-order valence-electron chi connectivity index (χ1n) is 8.45. The lowest BCUT2D eigenvalue weighted by atomic mass is 10.1. The number of benzene rings is 2. The van der Waals surface area contributed by atoms with Crippen LogP contribution in [0.15, 0.2) is 65.1 Å². The normalized spacial score (nSPS) is 13.9. The van der Waals surface area contributed by atoms with Crippen LogP contribution in [-0.4, -0.2) is 33.7 Å². The Balaban J connectivity index is 1.54. The molecule has 0 N–H and O–H groups in total. The summed E-state index contributed by atoms with van der Waals surface area (Å²) in [5.74, 6) is -1.98. The maximum Gasteiger partial charge on any atom is 0.268 e. The van der Waals surface area contributed by atoms with E-state index >= 15 is 0 Å². The van der Waals surface area contributed by atoms with Gasteiger partial charge in [-0.1, -0.05) is 30.3 Å². The molecule has 0 unspecified atom stereocenters. The van der Waals surface area contributed by atoms with Crippen molar-refractivity contribution in [3.8, 4) is 0 Å². The van der Waals surface area contributed by atoms with E-state index in [2.05, 4.69) is 4.99 Å². The molecule has 1 aromatic heterocycles. The van der Waals surface area contributed by atoms with Crippen LogP contribution in [0.3, 0.4) is 0 Å². The Hall–Kier alpha value is -3.39. The summed E-state index contributed by atoms with van der Waals surface area (Å²) >= 11 is 1.21. The number of hydrogen-bond donors (Lipinski definition) is 0. The van der Waals surface area contributed by atoms with Crippen LogP contribution >= 0.6 is 11.3 Å². The lowest BCUT2D eigenvalue weighted by molar-refractivity contribution is -0.118. The van der Waals surface area contributed by atoms with Crippen LogP contribution < -0.4 is 4.80 Å². The number of imide groups is 1. The van der Waals surface area contributed by atoms with Gasteiger partial charge in [-0.05, 0) is 18.2 Å². The molecule has 0 bridgehead atoms. The monoisotopic (exact) mass is 395 g/mol. The van der Waals surface area contributed by atoms with Crippen LogP contribution in [0.1, 0.15) is 26.3 Å². The van der Waals surface area contributed by atoms with Crippen molar-refractivity contribution < 1.29 is 18.8 Å². The van der Waals surface area contributed by atoms with Crippen LogP contribution in [0.5, 0.6) is 0 Å². The highest BCUT2D eigenvalue weighted by atomic mass is 32.1. The van der Waals surface area contributed by atoms with Gasteiger partial charge < -0.3 is 4.57 Å². The summed E-state index contributed by atoms with van der Waals surface area (Å²) in [5.41, 5.74) is 1.03. The number of halogens is 1. The van der Waals surface area contributed by atoms with E-state index in [9.17, 15) is 18.8 Å². The molecule has 3 amide bonds. The van der Waals surface area contributed by atoms with Gasteiger partial charge in [-0.2, -0.15) is 4.99 Å². The summed E-state index contributed by atoms with van der Waals surface area (Å²) < 4.78 is 15.5. The zero-order valence-corrected chi connectivity index (χ0v) is 15.4. The summed E-state index contributed by atoms with van der Waals surface area (Å²) in [6.45, 7) is -0.223. The third-order valence-electron chi connectivity index (χ3n) is 4.35. The van der Waals surface area contributed by atoms with Crippen LogP contribution in [-0.2, 0) is 11.3 Å². The van der Waals surface area contributed by atoms with Crippen molar-refractivity contribution >= 4 is 29.1 Å². The number of hydrogen-bond acceptors (Lipinski definition) is 4. The molecule has 8 heteroatoms. The van der Waals surface area contributed by atoms with Gasteiger partial charge in [-0.15, -0.1) is 11.3 Å². The molecule has 28 heavy (non-hydrogen) atoms. The second-order valence-electron chi connectivity index (χ2n) is 6.15. The second-order valence-corrected chi connectivity index (χ2v) is 7.03. The maximum absolute atomic E-state index is 13.9. The van der Waals surface area contributed by atoms with Crippen LogP contribution in [0.4, 0.5) is 4.39 Å². The number of fused-ring (bicyclic) bond motifs is 1. The largest absolute Gasteiger partial charge is 0.319 e. The van der Waals surface area contributed by atoms with Crippen molar-refractivity contribution in [3.05, 3.63) is 87.4 Å². The van der Waals surface area contributed by atoms with Crippen molar-refractivity contribution in [2.75, 3.05) is 6.54 Å². The molecule has 0 saturated heterocycles. The highest BCUT2D eigenvalue weighted by Crippen LogP contribution is 2.22. The van der Waals surface area contributed by atoms with Crippen molar-refractivity contribution in [2.45, 2.75) is 6.54 Å². The highest BCUT2D eigenvalue weighted by Gasteiger charge is 2.36. The molecule has 0 fully saturated rings. The number of nitrogens with zero attached hydrogens (tertiary/aromatic N) is 3. The van der Waals surface area contributed by atoms with Crippen molar-refractivity contribution in [3.63, 3.8) is 0 Å². The first-order valence-corrected chi connectivity index (χ1v) is 9.32. The quantitative estimate of drug-likeness (QED) is 0.637. The topological polar surface area (TPSA) is 71.7 Å². The number of carbonyl (C=O) groups excluding carboxylic acids is 3. The number of carbonyl (C=O) groups is 3. The van der Waals surface area contributed by atoms with Crippen LogP contribution in [0.2, 0.25) is 0 Å². The molecule has 0 saturated carbocycles. The van der Waals surface area contributed by atoms with Gasteiger partial charge in [0, 0.05) is 17.1 Å². The Morgan fingerprint density at radius 3 is 2.32 bits per heavy atom. The van der Waals surface area contributed by atoms with Crippen molar-refractivity contribution in [2.24, 2.45) is 4.99 Å². The van der Waals surface area contributed by atoms with E-state index < -0.39 is 24.3 Å². The van der Waals surface area contributed by atoms with Gasteiger partial charge >= 0.3 is 0 Å². The third-order valence-corrected chi connectivity index (χ3v) is 5.14. The molecule has 2 aromatic carbocycles. The van der Waals surface area contributed by atoms with Gasteiger partial charge in [0.05, 0.1) is 17.7 Å². The smallest absolute Gasteiger partial charge is 0.268 e. The molecule has 0 spiro atoms. The average molecular weight is 395 g/mol. The average Bonchev–Trinajstić information content (AvgIpc) is 3.22. The molecule has 140 valence electrons. The Morgan fingerprint density at radius 2 is 1.64 bits per heavy atom. The van der Waals surface area contributed by atoms with Gasteiger partial charge in [0.25, 0.3) is 17.7 Å². The number of aromatic nitrogens is 1. The molecule has 3 aromatic rings. The molecule has 0 radical (unpaired) electrons. The van der Waals surface area contributed by atoms with E-state index in [0.29, 0.717) is 10.4 Å². The standard InChI is InChI=1S/C20H14FN3O3S/c21-16-8-4-1-5-13(16)11-23-9-10-28-20(23)22-17(25)12-24-18(26)14-6-2-3-7-15(14)19(24)27/h1-10H,11-12H2. The lowest BCUT2D eigenvalue weighted by Crippen LogP contribution is -2.35. The summed E-state index contributed by atoms with van der Waals surface area (Å²) in [6, 6.07) is 12.8. The molecule has 2 heterocycles. The number of amides is 3. The minimum Gasteiger partial charge on any atom is -0.319 e. The molecular weight excluding hydrogens is 381 g/mol. The highest BCUT2D eigenvalue weighted by molar-refractivity contribution is 7.07. The Morgan fingerprint density at radius 1 is 1.00 bits per heavy atom. The fourth-order valence-corrected chi connectivity index (χ4v) is 3.72. The first kappa shape index (κ1) is 18.0.